The van der Waals surface area contributed by atoms with E-state index in [9.17, 15) is 13.2 Å². The number of hydrogen-bond donors (Lipinski definition) is 0. The maximum Gasteiger partial charge on any atom is 0.182 e. The predicted molar refractivity (Wildman–Crippen MR) is 49.7 cm³/mol. The number of sulfone groups is 1. The van der Waals surface area contributed by atoms with Gasteiger partial charge in [-0.2, -0.15) is 0 Å². The summed E-state index contributed by atoms with van der Waals surface area (Å²) < 4.78 is 22.2. The predicted octanol–water partition coefficient (Wildman–Crippen LogP) is 0.810. The molecule has 0 saturated carbocycles. The van der Waals surface area contributed by atoms with E-state index < -0.39 is 9.84 Å². The third-order valence-electron chi connectivity index (χ3n) is 1.56. The summed E-state index contributed by atoms with van der Waals surface area (Å²) in [6.45, 7) is 0. The second-order valence-corrected chi connectivity index (χ2v) is 4.60. The maximum atomic E-state index is 11.1. The van der Waals surface area contributed by atoms with Gasteiger partial charge in [0, 0.05) is 6.26 Å². The van der Waals surface area contributed by atoms with Crippen molar-refractivity contribution in [2.45, 2.75) is 0 Å². The molecule has 0 N–H and O–H groups in total. The SMILES string of the molecule is CS(=O)(=O)[C](C=O)c1ccccc1. The fourth-order valence-corrected chi connectivity index (χ4v) is 1.71. The first-order valence-electron chi connectivity index (χ1n) is 3.63. The number of aldehydes is 1. The van der Waals surface area contributed by atoms with Crippen molar-refractivity contribution in [2.24, 2.45) is 0 Å². The number of carbonyl (C=O) groups is 1. The summed E-state index contributed by atoms with van der Waals surface area (Å²) in [6, 6.07) is 8.30. The van der Waals surface area contributed by atoms with Crippen LogP contribution in [-0.2, 0) is 14.6 Å². The van der Waals surface area contributed by atoms with Crippen LogP contribution in [0, 0.1) is 5.25 Å². The molecule has 0 aliphatic carbocycles. The highest BCUT2D eigenvalue weighted by Gasteiger charge is 2.22. The average Bonchev–Trinajstić information content (AvgIpc) is 2.05. The van der Waals surface area contributed by atoms with Gasteiger partial charge in [0.2, 0.25) is 0 Å². The second kappa shape index (κ2) is 3.70. The molecule has 4 heteroatoms. The Bertz CT molecular complexity index is 381. The van der Waals surface area contributed by atoms with Crippen LogP contribution in [0.25, 0.3) is 0 Å². The molecule has 0 heterocycles. The van der Waals surface area contributed by atoms with Gasteiger partial charge in [0.05, 0.1) is 0 Å². The van der Waals surface area contributed by atoms with Crippen LogP contribution < -0.4 is 0 Å². The van der Waals surface area contributed by atoms with E-state index in [2.05, 4.69) is 0 Å². The highest BCUT2D eigenvalue weighted by atomic mass is 32.2. The minimum Gasteiger partial charge on any atom is -0.301 e. The van der Waals surface area contributed by atoms with Crippen molar-refractivity contribution < 1.29 is 13.2 Å². The van der Waals surface area contributed by atoms with Gasteiger partial charge in [0.15, 0.2) is 15.1 Å². The zero-order valence-corrected chi connectivity index (χ0v) is 7.91. The Labute approximate surface area is 77.3 Å². The van der Waals surface area contributed by atoms with Gasteiger partial charge in [-0.1, -0.05) is 30.3 Å². The zero-order chi connectivity index (χ0) is 9.90. The summed E-state index contributed by atoms with van der Waals surface area (Å²) in [5, 5.41) is -0.173. The highest BCUT2D eigenvalue weighted by Crippen LogP contribution is 2.17. The lowest BCUT2D eigenvalue weighted by Gasteiger charge is -2.05. The molecule has 0 aromatic heterocycles. The molecule has 0 saturated heterocycles. The lowest BCUT2D eigenvalue weighted by molar-refractivity contribution is -0.105. The summed E-state index contributed by atoms with van der Waals surface area (Å²) in [5.74, 6) is 0. The highest BCUT2D eigenvalue weighted by molar-refractivity contribution is 7.94. The van der Waals surface area contributed by atoms with Crippen LogP contribution in [0.4, 0.5) is 0 Å². The molecule has 0 unspecified atom stereocenters. The van der Waals surface area contributed by atoms with Crippen LogP contribution in [0.1, 0.15) is 5.56 Å². The Kier molecular flexibility index (Phi) is 2.83. The minimum atomic E-state index is -3.42. The summed E-state index contributed by atoms with van der Waals surface area (Å²) in [4.78, 5) is 10.5. The number of carbonyl (C=O) groups excluding carboxylic acids is 1. The first-order chi connectivity index (χ1) is 6.05. The van der Waals surface area contributed by atoms with Crippen LogP contribution in [0.2, 0.25) is 0 Å². The molecule has 0 aliphatic heterocycles. The van der Waals surface area contributed by atoms with Crippen molar-refractivity contribution >= 4 is 16.1 Å². The van der Waals surface area contributed by atoms with Gasteiger partial charge in [-0.3, -0.25) is 0 Å². The van der Waals surface area contributed by atoms with Crippen LogP contribution in [-0.4, -0.2) is 21.0 Å². The molecule has 3 nitrogen and oxygen atoms in total. The summed E-state index contributed by atoms with van der Waals surface area (Å²) in [6.07, 6.45) is 1.38. The summed E-state index contributed by atoms with van der Waals surface area (Å²) in [7, 11) is -3.42. The van der Waals surface area contributed by atoms with E-state index in [4.69, 9.17) is 0 Å². The Morgan fingerprint density at radius 3 is 2.15 bits per heavy atom. The Morgan fingerprint density at radius 1 is 1.23 bits per heavy atom. The van der Waals surface area contributed by atoms with Crippen molar-refractivity contribution in [3.8, 4) is 0 Å². The molecule has 1 rings (SSSR count). The smallest absolute Gasteiger partial charge is 0.182 e. The number of benzene rings is 1. The minimum absolute atomic E-state index is 0.173. The van der Waals surface area contributed by atoms with Crippen molar-refractivity contribution in [2.75, 3.05) is 6.26 Å². The van der Waals surface area contributed by atoms with Gasteiger partial charge in [0.25, 0.3) is 0 Å². The maximum absolute atomic E-state index is 11.1. The van der Waals surface area contributed by atoms with Gasteiger partial charge < -0.3 is 4.79 Å². The monoisotopic (exact) mass is 197 g/mol. The second-order valence-electron chi connectivity index (χ2n) is 2.62. The molecule has 0 spiro atoms. The molecule has 0 bridgehead atoms. The van der Waals surface area contributed by atoms with Crippen molar-refractivity contribution in [3.05, 3.63) is 41.1 Å². The Hall–Kier alpha value is -1.16. The van der Waals surface area contributed by atoms with Gasteiger partial charge >= 0.3 is 0 Å². The summed E-state index contributed by atoms with van der Waals surface area (Å²) >= 11 is 0. The molecule has 0 atom stereocenters. The molecular weight excluding hydrogens is 188 g/mol. The molecule has 1 aromatic carbocycles. The molecule has 0 aliphatic rings. The van der Waals surface area contributed by atoms with E-state index in [1.165, 1.54) is 0 Å². The van der Waals surface area contributed by atoms with Crippen LogP contribution in [0.15, 0.2) is 30.3 Å². The third kappa shape index (κ3) is 2.39. The molecular formula is C9H9O3S. The van der Waals surface area contributed by atoms with Gasteiger partial charge in [0.1, 0.15) is 6.29 Å². The molecule has 69 valence electrons. The molecule has 0 fully saturated rings. The molecule has 1 aromatic rings. The topological polar surface area (TPSA) is 51.2 Å². The van der Waals surface area contributed by atoms with Crippen molar-refractivity contribution in [1.82, 2.24) is 0 Å². The van der Waals surface area contributed by atoms with Crippen LogP contribution in [0.5, 0.6) is 0 Å². The van der Waals surface area contributed by atoms with E-state index in [0.29, 0.717) is 11.8 Å². The van der Waals surface area contributed by atoms with Crippen LogP contribution in [0.3, 0.4) is 0 Å². The standard InChI is InChI=1S/C9H9O3S/c1-13(11,12)9(7-10)8-5-3-2-4-6-8/h2-7H,1H3. The molecule has 1 radical (unpaired) electrons. The Balaban J connectivity index is 3.13. The van der Waals surface area contributed by atoms with Crippen LogP contribution >= 0.6 is 0 Å². The Morgan fingerprint density at radius 2 is 1.77 bits per heavy atom. The zero-order valence-electron chi connectivity index (χ0n) is 7.10. The quantitative estimate of drug-likeness (QED) is 0.674. The van der Waals surface area contributed by atoms with E-state index in [1.54, 1.807) is 30.3 Å². The lowest BCUT2D eigenvalue weighted by Crippen LogP contribution is -2.13. The fourth-order valence-electron chi connectivity index (χ4n) is 0.972. The number of rotatable bonds is 3. The summed E-state index contributed by atoms with van der Waals surface area (Å²) in [5.41, 5.74) is 0.431. The van der Waals surface area contributed by atoms with E-state index >= 15 is 0 Å². The molecule has 0 amide bonds. The van der Waals surface area contributed by atoms with Gasteiger partial charge in [-0.05, 0) is 5.56 Å². The largest absolute Gasteiger partial charge is 0.301 e. The van der Waals surface area contributed by atoms with E-state index in [1.807, 2.05) is 0 Å². The van der Waals surface area contributed by atoms with Gasteiger partial charge in [-0.15, -0.1) is 0 Å². The van der Waals surface area contributed by atoms with Crippen molar-refractivity contribution in [3.63, 3.8) is 0 Å². The van der Waals surface area contributed by atoms with E-state index in [0.717, 1.165) is 6.26 Å². The van der Waals surface area contributed by atoms with Crippen molar-refractivity contribution in [1.29, 1.82) is 0 Å². The first-order valence-corrected chi connectivity index (χ1v) is 5.52. The fraction of sp³-hybridized carbons (Fsp3) is 0.111. The average molecular weight is 197 g/mol. The van der Waals surface area contributed by atoms with Gasteiger partial charge in [-0.25, -0.2) is 8.42 Å². The van der Waals surface area contributed by atoms with E-state index in [-0.39, 0.29) is 5.25 Å². The third-order valence-corrected chi connectivity index (χ3v) is 2.70. The normalized spacial score (nSPS) is 11.5. The number of hydrogen-bond acceptors (Lipinski definition) is 3. The molecule has 13 heavy (non-hydrogen) atoms. The first kappa shape index (κ1) is 9.92. The lowest BCUT2D eigenvalue weighted by atomic mass is 10.2.